The van der Waals surface area contributed by atoms with Crippen LogP contribution in [-0.2, 0) is 0 Å². The number of nitrogens with one attached hydrogen (secondary N) is 2. The van der Waals surface area contributed by atoms with Gasteiger partial charge in [-0.15, -0.1) is 0 Å². The molecule has 1 aliphatic heterocycles. The summed E-state index contributed by atoms with van der Waals surface area (Å²) in [4.78, 5) is 0. The number of aryl methyl sites for hydroxylation is 2. The first-order chi connectivity index (χ1) is 10.1. The van der Waals surface area contributed by atoms with E-state index < -0.39 is 0 Å². The number of H-pyrrole nitrogens is 1. The van der Waals surface area contributed by atoms with E-state index in [1.165, 1.54) is 0 Å². The molecule has 0 atom stereocenters. The molecule has 0 unspecified atom stereocenters. The van der Waals surface area contributed by atoms with Gasteiger partial charge in [0.1, 0.15) is 11.9 Å². The van der Waals surface area contributed by atoms with Crippen molar-refractivity contribution in [2.45, 2.75) is 32.8 Å². The summed E-state index contributed by atoms with van der Waals surface area (Å²) in [6.45, 7) is 6.07. The van der Waals surface area contributed by atoms with Crippen molar-refractivity contribution in [2.24, 2.45) is 0 Å². The van der Waals surface area contributed by atoms with Gasteiger partial charge < -0.3 is 10.1 Å². The second-order valence-electron chi connectivity index (χ2n) is 5.58. The van der Waals surface area contributed by atoms with Crippen LogP contribution in [0, 0.1) is 13.8 Å². The smallest absolute Gasteiger partial charge is 0.130 e. The molecule has 2 heterocycles. The van der Waals surface area contributed by atoms with Crippen LogP contribution >= 0.6 is 11.6 Å². The van der Waals surface area contributed by atoms with Gasteiger partial charge in [-0.3, -0.25) is 5.10 Å². The van der Waals surface area contributed by atoms with Crippen LogP contribution in [0.25, 0.3) is 11.1 Å². The summed E-state index contributed by atoms with van der Waals surface area (Å²) in [6.07, 6.45) is 4.16. The molecule has 21 heavy (non-hydrogen) atoms. The van der Waals surface area contributed by atoms with E-state index in [1.807, 2.05) is 32.2 Å². The summed E-state index contributed by atoms with van der Waals surface area (Å²) in [5, 5.41) is 11.2. The van der Waals surface area contributed by atoms with Crippen molar-refractivity contribution >= 4 is 11.6 Å². The summed E-state index contributed by atoms with van der Waals surface area (Å²) in [7, 11) is 0. The Morgan fingerprint density at radius 3 is 2.62 bits per heavy atom. The summed E-state index contributed by atoms with van der Waals surface area (Å²) in [5.74, 6) is 0.927. The fraction of sp³-hybridized carbons (Fsp3) is 0.438. The Hall–Kier alpha value is -1.52. The zero-order chi connectivity index (χ0) is 14.8. The first-order valence-electron chi connectivity index (χ1n) is 7.33. The van der Waals surface area contributed by atoms with Gasteiger partial charge in [0.15, 0.2) is 0 Å². The molecule has 5 heteroatoms. The Balaban J connectivity index is 2.00. The Morgan fingerprint density at radius 1 is 1.19 bits per heavy atom. The van der Waals surface area contributed by atoms with E-state index in [0.29, 0.717) is 0 Å². The molecule has 1 aromatic carbocycles. The van der Waals surface area contributed by atoms with E-state index in [9.17, 15) is 0 Å². The maximum Gasteiger partial charge on any atom is 0.130 e. The molecule has 112 valence electrons. The highest BCUT2D eigenvalue weighted by atomic mass is 35.5. The second-order valence-corrected chi connectivity index (χ2v) is 6.01. The lowest BCUT2D eigenvalue weighted by Crippen LogP contribution is -2.34. The maximum atomic E-state index is 6.31. The summed E-state index contributed by atoms with van der Waals surface area (Å²) in [5.41, 5.74) is 4.15. The third kappa shape index (κ3) is 3.06. The van der Waals surface area contributed by atoms with Crippen LogP contribution in [0.3, 0.4) is 0 Å². The fourth-order valence-electron chi connectivity index (χ4n) is 2.79. The van der Waals surface area contributed by atoms with E-state index >= 15 is 0 Å². The van der Waals surface area contributed by atoms with Crippen LogP contribution in [0.15, 0.2) is 18.3 Å². The van der Waals surface area contributed by atoms with Gasteiger partial charge in [-0.25, -0.2) is 0 Å². The van der Waals surface area contributed by atoms with Gasteiger partial charge in [-0.2, -0.15) is 5.10 Å². The topological polar surface area (TPSA) is 49.9 Å². The molecule has 1 fully saturated rings. The van der Waals surface area contributed by atoms with Crippen LogP contribution in [0.2, 0.25) is 5.02 Å². The van der Waals surface area contributed by atoms with Crippen molar-refractivity contribution < 1.29 is 4.74 Å². The third-order valence-electron chi connectivity index (χ3n) is 3.93. The number of halogens is 1. The Kier molecular flexibility index (Phi) is 4.17. The lowest BCUT2D eigenvalue weighted by molar-refractivity contribution is 0.162. The van der Waals surface area contributed by atoms with Crippen molar-refractivity contribution in [1.82, 2.24) is 15.5 Å². The number of aromatic nitrogens is 2. The number of benzene rings is 1. The predicted octanol–water partition coefficient (Wildman–Crippen LogP) is 3.48. The molecule has 4 nitrogen and oxygen atoms in total. The summed E-state index contributed by atoms with van der Waals surface area (Å²) < 4.78 is 6.31. The van der Waals surface area contributed by atoms with Gasteiger partial charge in [-0.1, -0.05) is 11.6 Å². The monoisotopic (exact) mass is 305 g/mol. The van der Waals surface area contributed by atoms with Crippen LogP contribution in [0.5, 0.6) is 5.75 Å². The number of piperidine rings is 1. The number of ether oxygens (including phenoxy) is 1. The normalized spacial score (nSPS) is 16.1. The quantitative estimate of drug-likeness (QED) is 0.913. The highest BCUT2D eigenvalue weighted by molar-refractivity contribution is 6.31. The molecular formula is C16H20ClN3O. The van der Waals surface area contributed by atoms with Crippen molar-refractivity contribution in [3.8, 4) is 16.9 Å². The van der Waals surface area contributed by atoms with Crippen molar-refractivity contribution in [3.05, 3.63) is 34.6 Å². The average molecular weight is 306 g/mol. The first-order valence-corrected chi connectivity index (χ1v) is 7.71. The minimum atomic E-state index is 0.261. The molecule has 2 aromatic rings. The molecule has 0 bridgehead atoms. The molecule has 0 amide bonds. The van der Waals surface area contributed by atoms with Crippen LogP contribution in [0.4, 0.5) is 0 Å². The fourth-order valence-corrected chi connectivity index (χ4v) is 3.06. The standard InChI is InChI=1S/C16H20ClN3O/c1-10-7-12(17)8-14(15-9-19-20-11(15)2)16(10)21-13-3-5-18-6-4-13/h7-9,13,18H,3-6H2,1-2H3,(H,19,20). The molecule has 0 radical (unpaired) electrons. The third-order valence-corrected chi connectivity index (χ3v) is 4.15. The SMILES string of the molecule is Cc1cc(Cl)cc(-c2cn[nH]c2C)c1OC1CCNCC1. The number of nitrogens with zero attached hydrogens (tertiary/aromatic N) is 1. The van der Waals surface area contributed by atoms with E-state index in [0.717, 1.165) is 59.1 Å². The lowest BCUT2D eigenvalue weighted by atomic mass is 10.0. The maximum absolute atomic E-state index is 6.31. The molecule has 0 saturated carbocycles. The van der Waals surface area contributed by atoms with Crippen LogP contribution in [-0.4, -0.2) is 29.4 Å². The zero-order valence-electron chi connectivity index (χ0n) is 12.4. The van der Waals surface area contributed by atoms with Gasteiger partial charge in [0, 0.05) is 21.8 Å². The van der Waals surface area contributed by atoms with E-state index in [2.05, 4.69) is 15.5 Å². The molecule has 0 spiro atoms. The average Bonchev–Trinajstić information content (AvgIpc) is 2.89. The molecule has 1 aromatic heterocycles. The molecule has 1 saturated heterocycles. The zero-order valence-corrected chi connectivity index (χ0v) is 13.1. The summed E-state index contributed by atoms with van der Waals surface area (Å²) >= 11 is 6.24. The molecule has 0 aliphatic carbocycles. The largest absolute Gasteiger partial charge is 0.489 e. The van der Waals surface area contributed by atoms with Gasteiger partial charge in [-0.05, 0) is 57.5 Å². The Bertz CT molecular complexity index is 632. The molecule has 2 N–H and O–H groups in total. The lowest BCUT2D eigenvalue weighted by Gasteiger charge is -2.26. The molecular weight excluding hydrogens is 286 g/mol. The second kappa shape index (κ2) is 6.08. The molecule has 1 aliphatic rings. The number of rotatable bonds is 3. The minimum absolute atomic E-state index is 0.261. The Labute approximate surface area is 129 Å². The van der Waals surface area contributed by atoms with E-state index in [4.69, 9.17) is 16.3 Å². The molecule has 3 rings (SSSR count). The highest BCUT2D eigenvalue weighted by Gasteiger charge is 2.20. The number of hydrogen-bond acceptors (Lipinski definition) is 3. The van der Waals surface area contributed by atoms with Gasteiger partial charge in [0.2, 0.25) is 0 Å². The van der Waals surface area contributed by atoms with Crippen LogP contribution < -0.4 is 10.1 Å². The van der Waals surface area contributed by atoms with Crippen molar-refractivity contribution in [2.75, 3.05) is 13.1 Å². The predicted molar refractivity (Wildman–Crippen MR) is 85.0 cm³/mol. The minimum Gasteiger partial charge on any atom is -0.489 e. The van der Waals surface area contributed by atoms with Crippen LogP contribution in [0.1, 0.15) is 24.1 Å². The van der Waals surface area contributed by atoms with Gasteiger partial charge in [0.25, 0.3) is 0 Å². The van der Waals surface area contributed by atoms with E-state index in [-0.39, 0.29) is 6.10 Å². The summed E-state index contributed by atoms with van der Waals surface area (Å²) in [6, 6.07) is 3.92. The van der Waals surface area contributed by atoms with Gasteiger partial charge >= 0.3 is 0 Å². The van der Waals surface area contributed by atoms with Gasteiger partial charge in [0.05, 0.1) is 6.20 Å². The van der Waals surface area contributed by atoms with Crippen molar-refractivity contribution in [1.29, 1.82) is 0 Å². The first kappa shape index (κ1) is 14.4. The van der Waals surface area contributed by atoms with E-state index in [1.54, 1.807) is 0 Å². The number of hydrogen-bond donors (Lipinski definition) is 2. The Morgan fingerprint density at radius 2 is 1.95 bits per heavy atom. The number of aromatic amines is 1. The highest BCUT2D eigenvalue weighted by Crippen LogP contribution is 2.38. The van der Waals surface area contributed by atoms with Crippen molar-refractivity contribution in [3.63, 3.8) is 0 Å².